The molecule has 1 aromatic heterocycles. The smallest absolute Gasteiger partial charge is 0.338 e. The number of aromatic amines is 1. The number of benzene rings is 2. The number of nitrogens with one attached hydrogen (secondary N) is 1. The van der Waals surface area contributed by atoms with E-state index < -0.39 is 5.97 Å². The molecule has 7 heteroatoms. The number of carbonyl (C=O) groups is 2. The quantitative estimate of drug-likeness (QED) is 0.686. The van der Waals surface area contributed by atoms with E-state index in [1.807, 2.05) is 24.3 Å². The molecule has 0 spiro atoms. The van der Waals surface area contributed by atoms with E-state index >= 15 is 0 Å². The third kappa shape index (κ3) is 3.27. The van der Waals surface area contributed by atoms with Crippen molar-refractivity contribution in [2.75, 3.05) is 13.7 Å². The zero-order valence-electron chi connectivity index (χ0n) is 15.2. The molecular weight excluding hydrogens is 378 g/mol. The van der Waals surface area contributed by atoms with Crippen LogP contribution in [-0.4, -0.2) is 40.6 Å². The first-order chi connectivity index (χ1) is 13.6. The molecule has 0 unspecified atom stereocenters. The van der Waals surface area contributed by atoms with Crippen molar-refractivity contribution in [3.05, 3.63) is 75.9 Å². The summed E-state index contributed by atoms with van der Waals surface area (Å²) in [6.45, 7) is 0.945. The van der Waals surface area contributed by atoms with Gasteiger partial charge in [0.15, 0.2) is 0 Å². The lowest BCUT2D eigenvalue weighted by atomic mass is 9.99. The number of carbonyl (C=O) groups excluding carboxylic acids is 2. The molecule has 0 saturated carbocycles. The molecule has 0 bridgehead atoms. The molecule has 1 N–H and O–H groups in total. The van der Waals surface area contributed by atoms with E-state index in [0.29, 0.717) is 30.1 Å². The second kappa shape index (κ2) is 7.48. The van der Waals surface area contributed by atoms with Crippen LogP contribution in [0.3, 0.4) is 0 Å². The number of rotatable bonds is 3. The number of esters is 1. The number of hydrogen-bond acceptors (Lipinski definition) is 4. The van der Waals surface area contributed by atoms with Crippen LogP contribution >= 0.6 is 11.6 Å². The SMILES string of the molecule is COC(=O)c1ccccc1C(=O)N1CCc2[nH]nc(-c3cccc(Cl)c3)c2C1. The molecule has 0 radical (unpaired) electrons. The van der Waals surface area contributed by atoms with Gasteiger partial charge >= 0.3 is 5.97 Å². The molecule has 2 aromatic carbocycles. The normalized spacial score (nSPS) is 13.1. The fourth-order valence-electron chi connectivity index (χ4n) is 3.47. The first-order valence-electron chi connectivity index (χ1n) is 8.87. The van der Waals surface area contributed by atoms with Crippen molar-refractivity contribution in [3.63, 3.8) is 0 Å². The summed E-state index contributed by atoms with van der Waals surface area (Å²) >= 11 is 6.12. The Morgan fingerprint density at radius 1 is 1.14 bits per heavy atom. The zero-order chi connectivity index (χ0) is 19.7. The molecular formula is C21H18ClN3O3. The van der Waals surface area contributed by atoms with Crippen molar-refractivity contribution >= 4 is 23.5 Å². The molecule has 3 aromatic rings. The molecule has 1 aliphatic rings. The van der Waals surface area contributed by atoms with Crippen molar-refractivity contribution in [2.45, 2.75) is 13.0 Å². The van der Waals surface area contributed by atoms with E-state index in [1.165, 1.54) is 7.11 Å². The number of aromatic nitrogens is 2. The average molecular weight is 396 g/mol. The van der Waals surface area contributed by atoms with E-state index in [0.717, 1.165) is 22.5 Å². The molecule has 4 rings (SSSR count). The molecule has 0 aliphatic carbocycles. The number of methoxy groups -OCH3 is 1. The number of amides is 1. The number of fused-ring (bicyclic) bond motifs is 1. The highest BCUT2D eigenvalue weighted by atomic mass is 35.5. The molecule has 28 heavy (non-hydrogen) atoms. The Morgan fingerprint density at radius 3 is 2.68 bits per heavy atom. The Balaban J connectivity index is 1.66. The van der Waals surface area contributed by atoms with Gasteiger partial charge in [0.1, 0.15) is 0 Å². The lowest BCUT2D eigenvalue weighted by Gasteiger charge is -2.28. The molecule has 0 saturated heterocycles. The summed E-state index contributed by atoms with van der Waals surface area (Å²) in [5.74, 6) is -0.727. The van der Waals surface area contributed by atoms with Crippen LogP contribution in [0.4, 0.5) is 0 Å². The summed E-state index contributed by atoms with van der Waals surface area (Å²) < 4.78 is 4.81. The first kappa shape index (κ1) is 18.3. The van der Waals surface area contributed by atoms with Gasteiger partial charge in [-0.1, -0.05) is 35.9 Å². The Morgan fingerprint density at radius 2 is 1.93 bits per heavy atom. The van der Waals surface area contributed by atoms with Crippen LogP contribution < -0.4 is 0 Å². The minimum absolute atomic E-state index is 0.204. The van der Waals surface area contributed by atoms with Crippen LogP contribution in [0.2, 0.25) is 5.02 Å². The first-order valence-corrected chi connectivity index (χ1v) is 9.25. The summed E-state index contributed by atoms with van der Waals surface area (Å²) in [6.07, 6.45) is 0.662. The monoisotopic (exact) mass is 395 g/mol. The summed E-state index contributed by atoms with van der Waals surface area (Å²) in [6, 6.07) is 14.2. The van der Waals surface area contributed by atoms with Crippen molar-refractivity contribution in [1.82, 2.24) is 15.1 Å². The predicted octanol–water partition coefficient (Wildman–Crippen LogP) is 3.72. The van der Waals surface area contributed by atoms with Crippen molar-refractivity contribution in [3.8, 4) is 11.3 Å². The van der Waals surface area contributed by atoms with Gasteiger partial charge in [-0.25, -0.2) is 4.79 Å². The predicted molar refractivity (Wildman–Crippen MR) is 105 cm³/mol. The standard InChI is InChI=1S/C21H18ClN3O3/c1-28-21(27)16-8-3-2-7-15(16)20(26)25-10-9-18-17(12-25)19(24-23-18)13-5-4-6-14(22)11-13/h2-8,11H,9-10,12H2,1H3,(H,23,24). The number of H-pyrrole nitrogens is 1. The van der Waals surface area contributed by atoms with Crippen LogP contribution in [0.25, 0.3) is 11.3 Å². The maximum Gasteiger partial charge on any atom is 0.338 e. The fraction of sp³-hybridized carbons (Fsp3) is 0.190. The molecule has 6 nitrogen and oxygen atoms in total. The minimum atomic E-state index is -0.524. The van der Waals surface area contributed by atoms with Crippen LogP contribution in [-0.2, 0) is 17.7 Å². The molecule has 1 amide bonds. The summed E-state index contributed by atoms with van der Waals surface area (Å²) in [4.78, 5) is 26.9. The van der Waals surface area contributed by atoms with Crippen LogP contribution in [0.15, 0.2) is 48.5 Å². The highest BCUT2D eigenvalue weighted by molar-refractivity contribution is 6.30. The van der Waals surface area contributed by atoms with Crippen molar-refractivity contribution in [1.29, 1.82) is 0 Å². The van der Waals surface area contributed by atoms with Gasteiger partial charge in [0.25, 0.3) is 5.91 Å². The summed E-state index contributed by atoms with van der Waals surface area (Å²) in [5, 5.41) is 8.15. The van der Waals surface area contributed by atoms with Gasteiger partial charge in [0.2, 0.25) is 0 Å². The van der Waals surface area contributed by atoms with Gasteiger partial charge in [0.05, 0.1) is 23.9 Å². The molecule has 0 fully saturated rings. The average Bonchev–Trinajstić information content (AvgIpc) is 3.16. The van der Waals surface area contributed by atoms with E-state index in [-0.39, 0.29) is 11.5 Å². The molecule has 2 heterocycles. The second-order valence-corrected chi connectivity index (χ2v) is 6.99. The molecule has 142 valence electrons. The third-order valence-corrected chi connectivity index (χ3v) is 5.12. The van der Waals surface area contributed by atoms with Gasteiger partial charge in [-0.15, -0.1) is 0 Å². The van der Waals surface area contributed by atoms with Gasteiger partial charge in [-0.2, -0.15) is 5.10 Å². The van der Waals surface area contributed by atoms with Crippen molar-refractivity contribution < 1.29 is 14.3 Å². The molecule has 0 atom stereocenters. The topological polar surface area (TPSA) is 75.3 Å². The number of hydrogen-bond donors (Lipinski definition) is 1. The highest BCUT2D eigenvalue weighted by Crippen LogP contribution is 2.30. The van der Waals surface area contributed by atoms with Crippen LogP contribution in [0, 0.1) is 0 Å². The van der Waals surface area contributed by atoms with E-state index in [1.54, 1.807) is 29.2 Å². The third-order valence-electron chi connectivity index (χ3n) is 4.88. The Bertz CT molecular complexity index is 1060. The zero-order valence-corrected chi connectivity index (χ0v) is 16.0. The maximum atomic E-state index is 13.1. The largest absolute Gasteiger partial charge is 0.465 e. The number of halogens is 1. The maximum absolute atomic E-state index is 13.1. The summed E-state index contributed by atoms with van der Waals surface area (Å²) in [7, 11) is 1.31. The lowest BCUT2D eigenvalue weighted by molar-refractivity contribution is 0.0588. The van der Waals surface area contributed by atoms with Gasteiger partial charge in [-0.05, 0) is 24.3 Å². The Kier molecular flexibility index (Phi) is 4.88. The lowest BCUT2D eigenvalue weighted by Crippen LogP contribution is -2.36. The van der Waals surface area contributed by atoms with Crippen LogP contribution in [0.1, 0.15) is 32.0 Å². The van der Waals surface area contributed by atoms with E-state index in [4.69, 9.17) is 16.3 Å². The van der Waals surface area contributed by atoms with Gasteiger partial charge < -0.3 is 9.64 Å². The van der Waals surface area contributed by atoms with Crippen molar-refractivity contribution in [2.24, 2.45) is 0 Å². The second-order valence-electron chi connectivity index (χ2n) is 6.55. The minimum Gasteiger partial charge on any atom is -0.465 e. The Labute approximate surface area is 167 Å². The van der Waals surface area contributed by atoms with E-state index in [2.05, 4.69) is 10.2 Å². The van der Waals surface area contributed by atoms with E-state index in [9.17, 15) is 9.59 Å². The van der Waals surface area contributed by atoms with Crippen LogP contribution in [0.5, 0.6) is 0 Å². The Hall–Kier alpha value is -3.12. The fourth-order valence-corrected chi connectivity index (χ4v) is 3.66. The molecule has 1 aliphatic heterocycles. The summed E-state index contributed by atoms with van der Waals surface area (Å²) in [5.41, 5.74) is 4.27. The highest BCUT2D eigenvalue weighted by Gasteiger charge is 2.28. The van der Waals surface area contributed by atoms with Gasteiger partial charge in [-0.3, -0.25) is 9.89 Å². The number of ether oxygens (including phenoxy) is 1. The number of nitrogens with zero attached hydrogens (tertiary/aromatic N) is 2. The van der Waals surface area contributed by atoms with Gasteiger partial charge in [0, 0.05) is 41.4 Å².